The van der Waals surface area contributed by atoms with E-state index in [4.69, 9.17) is 9.15 Å². The van der Waals surface area contributed by atoms with Crippen molar-refractivity contribution in [3.05, 3.63) is 66.4 Å². The summed E-state index contributed by atoms with van der Waals surface area (Å²) in [7, 11) is 0. The van der Waals surface area contributed by atoms with Gasteiger partial charge in [-0.2, -0.15) is 0 Å². The van der Waals surface area contributed by atoms with Crippen molar-refractivity contribution < 1.29 is 18.3 Å². The molecule has 26 heavy (non-hydrogen) atoms. The average molecular weight is 355 g/mol. The third-order valence-corrected chi connectivity index (χ3v) is 3.59. The minimum atomic E-state index is -0.345. The van der Waals surface area contributed by atoms with Gasteiger partial charge in [-0.3, -0.25) is 4.79 Å². The molecule has 0 saturated heterocycles. The Morgan fingerprint density at radius 2 is 1.92 bits per heavy atom. The number of benzene rings is 1. The van der Waals surface area contributed by atoms with Gasteiger partial charge in [-0.25, -0.2) is 14.4 Å². The number of aromatic nitrogens is 2. The van der Waals surface area contributed by atoms with E-state index >= 15 is 0 Å². The van der Waals surface area contributed by atoms with E-state index in [1.807, 2.05) is 0 Å². The minimum Gasteiger partial charge on any atom is -0.464 e. The first-order valence-corrected chi connectivity index (χ1v) is 8.22. The zero-order valence-corrected chi connectivity index (χ0v) is 14.0. The number of nitrogens with one attached hydrogen (secondary N) is 1. The fourth-order valence-corrected chi connectivity index (χ4v) is 2.33. The second-order valence-corrected chi connectivity index (χ2v) is 5.47. The first-order valence-electron chi connectivity index (χ1n) is 8.22. The van der Waals surface area contributed by atoms with Crippen LogP contribution in [0.25, 0.3) is 11.3 Å². The number of anilines is 1. The van der Waals surface area contributed by atoms with Crippen LogP contribution in [0, 0.1) is 5.82 Å². The van der Waals surface area contributed by atoms with Gasteiger partial charge in [0.1, 0.15) is 23.9 Å². The summed E-state index contributed by atoms with van der Waals surface area (Å²) in [6, 6.07) is 11.5. The molecule has 0 radical (unpaired) electrons. The lowest BCUT2D eigenvalue weighted by Gasteiger charge is -2.05. The molecular formula is C19H18FN3O3. The number of furan rings is 1. The maximum absolute atomic E-state index is 13.7. The van der Waals surface area contributed by atoms with E-state index in [0.717, 1.165) is 0 Å². The highest BCUT2D eigenvalue weighted by Gasteiger charge is 2.11. The monoisotopic (exact) mass is 355 g/mol. The molecule has 0 fully saturated rings. The molecule has 1 aromatic carbocycles. The number of carbonyl (C=O) groups is 1. The topological polar surface area (TPSA) is 77.2 Å². The van der Waals surface area contributed by atoms with Crippen molar-refractivity contribution in [1.82, 2.24) is 9.97 Å². The summed E-state index contributed by atoms with van der Waals surface area (Å²) < 4.78 is 24.5. The lowest BCUT2D eigenvalue weighted by Crippen LogP contribution is -2.15. The molecule has 0 bridgehead atoms. The van der Waals surface area contributed by atoms with Crippen LogP contribution in [0.1, 0.15) is 12.2 Å². The van der Waals surface area contributed by atoms with E-state index in [-0.39, 0.29) is 24.8 Å². The number of rotatable bonds is 8. The highest BCUT2D eigenvalue weighted by molar-refractivity contribution is 5.69. The van der Waals surface area contributed by atoms with Crippen molar-refractivity contribution >= 4 is 11.9 Å². The lowest BCUT2D eigenvalue weighted by molar-refractivity contribution is -0.143. The predicted molar refractivity (Wildman–Crippen MR) is 93.9 cm³/mol. The molecule has 0 saturated carbocycles. The fourth-order valence-electron chi connectivity index (χ4n) is 2.33. The molecule has 2 heterocycles. The first kappa shape index (κ1) is 17.6. The molecule has 0 unspecified atom stereocenters. The van der Waals surface area contributed by atoms with Crippen LogP contribution in [0.2, 0.25) is 0 Å². The number of esters is 1. The van der Waals surface area contributed by atoms with Crippen LogP contribution < -0.4 is 5.32 Å². The highest BCUT2D eigenvalue weighted by atomic mass is 19.1. The molecule has 3 aromatic rings. The molecule has 0 atom stereocenters. The summed E-state index contributed by atoms with van der Waals surface area (Å²) in [6.07, 6.45) is 3.83. The van der Waals surface area contributed by atoms with Gasteiger partial charge in [-0.05, 0) is 30.3 Å². The molecule has 0 amide bonds. The Balaban J connectivity index is 1.40. The van der Waals surface area contributed by atoms with E-state index in [1.165, 1.54) is 6.07 Å². The van der Waals surface area contributed by atoms with Gasteiger partial charge in [0.05, 0.1) is 18.5 Å². The quantitative estimate of drug-likeness (QED) is 0.492. The van der Waals surface area contributed by atoms with Crippen molar-refractivity contribution in [1.29, 1.82) is 0 Å². The second-order valence-electron chi connectivity index (χ2n) is 5.47. The third-order valence-electron chi connectivity index (χ3n) is 3.59. The third kappa shape index (κ3) is 4.89. The molecule has 0 aliphatic heterocycles. The van der Waals surface area contributed by atoms with Crippen LogP contribution in [0.3, 0.4) is 0 Å². The Morgan fingerprint density at radius 1 is 1.12 bits per heavy atom. The molecule has 6 nitrogen and oxygen atoms in total. The zero-order valence-electron chi connectivity index (χ0n) is 14.0. The van der Waals surface area contributed by atoms with Gasteiger partial charge in [0.15, 0.2) is 0 Å². The Morgan fingerprint density at radius 3 is 2.73 bits per heavy atom. The van der Waals surface area contributed by atoms with Crippen molar-refractivity contribution in [2.24, 2.45) is 0 Å². The summed E-state index contributed by atoms with van der Waals surface area (Å²) in [5, 5.41) is 2.95. The van der Waals surface area contributed by atoms with E-state index < -0.39 is 0 Å². The van der Waals surface area contributed by atoms with Crippen LogP contribution in [0.4, 0.5) is 10.3 Å². The summed E-state index contributed by atoms with van der Waals surface area (Å²) >= 11 is 0. The normalized spacial score (nSPS) is 10.5. The fraction of sp³-hybridized carbons (Fsp3) is 0.211. The molecule has 134 valence electrons. The number of carbonyl (C=O) groups excluding carboxylic acids is 1. The second kappa shape index (κ2) is 8.75. The number of halogens is 1. The molecule has 0 spiro atoms. The van der Waals surface area contributed by atoms with Gasteiger partial charge in [0, 0.05) is 18.8 Å². The van der Waals surface area contributed by atoms with Gasteiger partial charge < -0.3 is 14.5 Å². The largest absolute Gasteiger partial charge is 0.464 e. The van der Waals surface area contributed by atoms with Crippen LogP contribution in [-0.4, -0.2) is 29.1 Å². The van der Waals surface area contributed by atoms with Gasteiger partial charge in [-0.15, -0.1) is 0 Å². The first-order chi connectivity index (χ1) is 12.7. The van der Waals surface area contributed by atoms with Gasteiger partial charge in [0.25, 0.3) is 0 Å². The standard InChI is InChI=1S/C19H18FN3O3/c20-16-5-2-1-4-15(16)17-8-6-14(26-17)7-9-18(24)25-13-12-23-19-21-10-3-11-22-19/h1-6,8,10-11H,7,9,12-13H2,(H,21,22,23). The molecular weight excluding hydrogens is 337 g/mol. The summed E-state index contributed by atoms with van der Waals surface area (Å²) in [4.78, 5) is 19.8. The average Bonchev–Trinajstić information content (AvgIpc) is 3.13. The summed E-state index contributed by atoms with van der Waals surface area (Å²) in [5.74, 6) is 0.863. The van der Waals surface area contributed by atoms with E-state index in [9.17, 15) is 9.18 Å². The zero-order chi connectivity index (χ0) is 18.2. The number of ether oxygens (including phenoxy) is 1. The Hall–Kier alpha value is -3.22. The van der Waals surface area contributed by atoms with Crippen LogP contribution >= 0.6 is 0 Å². The van der Waals surface area contributed by atoms with Crippen LogP contribution in [-0.2, 0) is 16.0 Å². The van der Waals surface area contributed by atoms with Crippen molar-refractivity contribution in [3.63, 3.8) is 0 Å². The predicted octanol–water partition coefficient (Wildman–Crippen LogP) is 3.46. The summed E-state index contributed by atoms with van der Waals surface area (Å²) in [6.45, 7) is 0.643. The molecule has 7 heteroatoms. The highest BCUT2D eigenvalue weighted by Crippen LogP contribution is 2.25. The lowest BCUT2D eigenvalue weighted by atomic mass is 10.1. The molecule has 0 aliphatic carbocycles. The molecule has 0 aliphatic rings. The van der Waals surface area contributed by atoms with Gasteiger partial charge >= 0.3 is 5.97 Å². The summed E-state index contributed by atoms with van der Waals surface area (Å²) in [5.41, 5.74) is 0.399. The molecule has 2 aromatic heterocycles. The minimum absolute atomic E-state index is 0.187. The van der Waals surface area contributed by atoms with Gasteiger partial charge in [-0.1, -0.05) is 12.1 Å². The Kier molecular flexibility index (Phi) is 5.92. The number of nitrogens with zero attached hydrogens (tertiary/aromatic N) is 2. The van der Waals surface area contributed by atoms with Gasteiger partial charge in [0.2, 0.25) is 5.95 Å². The number of hydrogen-bond acceptors (Lipinski definition) is 6. The van der Waals surface area contributed by atoms with Crippen molar-refractivity contribution in [3.8, 4) is 11.3 Å². The Bertz CT molecular complexity index is 852. The maximum atomic E-state index is 13.7. The van der Waals surface area contributed by atoms with Crippen molar-refractivity contribution in [2.75, 3.05) is 18.5 Å². The number of aryl methyl sites for hydroxylation is 1. The van der Waals surface area contributed by atoms with Crippen molar-refractivity contribution in [2.45, 2.75) is 12.8 Å². The van der Waals surface area contributed by atoms with E-state index in [1.54, 1.807) is 48.8 Å². The van der Waals surface area contributed by atoms with E-state index in [0.29, 0.717) is 36.0 Å². The Labute approximate surface area is 150 Å². The molecule has 1 N–H and O–H groups in total. The SMILES string of the molecule is O=C(CCc1ccc(-c2ccccc2F)o1)OCCNc1ncccn1. The number of hydrogen-bond donors (Lipinski definition) is 1. The maximum Gasteiger partial charge on any atom is 0.306 e. The molecule has 3 rings (SSSR count). The van der Waals surface area contributed by atoms with Crippen LogP contribution in [0.5, 0.6) is 0 Å². The van der Waals surface area contributed by atoms with Crippen LogP contribution in [0.15, 0.2) is 59.3 Å². The smallest absolute Gasteiger partial charge is 0.306 e. The van der Waals surface area contributed by atoms with E-state index in [2.05, 4.69) is 15.3 Å².